The summed E-state index contributed by atoms with van der Waals surface area (Å²) in [6.45, 7) is 4.81. The standard InChI is InChI=1S/C20H20N4O4S/c1-2-28-14-7-8-16-18(13-14)29-20(21-16)23-11-9-22(10-12-23)19(25)15-5-3-4-6-17(15)24(26)27/h3-8,13H,2,9-12H2,1H3. The molecule has 1 aromatic heterocycles. The first-order valence-electron chi connectivity index (χ1n) is 9.38. The fourth-order valence-corrected chi connectivity index (χ4v) is 4.42. The second-order valence-electron chi connectivity index (χ2n) is 6.61. The zero-order valence-electron chi connectivity index (χ0n) is 15.9. The number of nitro benzene ring substituents is 1. The van der Waals surface area contributed by atoms with Crippen molar-refractivity contribution in [1.82, 2.24) is 9.88 Å². The summed E-state index contributed by atoms with van der Waals surface area (Å²) in [5.74, 6) is 0.526. The number of carbonyl (C=O) groups excluding carboxylic acids is 1. The molecule has 0 saturated carbocycles. The average Bonchev–Trinajstić information content (AvgIpc) is 3.17. The lowest BCUT2D eigenvalue weighted by atomic mass is 10.1. The number of para-hydroxylation sites is 1. The van der Waals surface area contributed by atoms with Gasteiger partial charge in [-0.2, -0.15) is 0 Å². The molecular weight excluding hydrogens is 392 g/mol. The zero-order valence-corrected chi connectivity index (χ0v) is 16.7. The fourth-order valence-electron chi connectivity index (χ4n) is 3.37. The number of aromatic nitrogens is 1. The summed E-state index contributed by atoms with van der Waals surface area (Å²) in [5.41, 5.74) is 0.900. The Bertz CT molecular complexity index is 1060. The number of piperazine rings is 1. The lowest BCUT2D eigenvalue weighted by Crippen LogP contribution is -2.48. The van der Waals surface area contributed by atoms with Gasteiger partial charge in [0.15, 0.2) is 5.13 Å². The molecule has 0 spiro atoms. The molecule has 1 fully saturated rings. The van der Waals surface area contributed by atoms with Crippen LogP contribution in [0.5, 0.6) is 5.75 Å². The third-order valence-electron chi connectivity index (χ3n) is 4.83. The highest BCUT2D eigenvalue weighted by Crippen LogP contribution is 2.32. The normalized spacial score (nSPS) is 14.2. The van der Waals surface area contributed by atoms with Crippen LogP contribution in [-0.4, -0.2) is 53.5 Å². The first kappa shape index (κ1) is 19.1. The molecule has 0 N–H and O–H groups in total. The van der Waals surface area contributed by atoms with Gasteiger partial charge in [-0.3, -0.25) is 14.9 Å². The van der Waals surface area contributed by atoms with Crippen molar-refractivity contribution >= 4 is 38.3 Å². The van der Waals surface area contributed by atoms with E-state index in [4.69, 9.17) is 9.72 Å². The van der Waals surface area contributed by atoms with Crippen LogP contribution in [0.1, 0.15) is 17.3 Å². The van der Waals surface area contributed by atoms with Crippen molar-refractivity contribution in [1.29, 1.82) is 0 Å². The molecule has 0 radical (unpaired) electrons. The van der Waals surface area contributed by atoms with Crippen molar-refractivity contribution in [2.45, 2.75) is 6.92 Å². The van der Waals surface area contributed by atoms with Gasteiger partial charge in [-0.05, 0) is 31.2 Å². The molecule has 9 heteroatoms. The Morgan fingerprint density at radius 2 is 1.97 bits per heavy atom. The molecular formula is C20H20N4O4S. The molecule has 0 aliphatic carbocycles. The van der Waals surface area contributed by atoms with E-state index in [1.807, 2.05) is 25.1 Å². The van der Waals surface area contributed by atoms with E-state index in [0.29, 0.717) is 32.8 Å². The van der Waals surface area contributed by atoms with Crippen molar-refractivity contribution in [3.8, 4) is 5.75 Å². The van der Waals surface area contributed by atoms with E-state index in [0.717, 1.165) is 21.1 Å². The lowest BCUT2D eigenvalue weighted by Gasteiger charge is -2.34. The van der Waals surface area contributed by atoms with E-state index >= 15 is 0 Å². The maximum absolute atomic E-state index is 12.8. The minimum Gasteiger partial charge on any atom is -0.494 e. The van der Waals surface area contributed by atoms with Gasteiger partial charge in [0.25, 0.3) is 11.6 Å². The predicted octanol–water partition coefficient (Wildman–Crippen LogP) is 3.57. The van der Waals surface area contributed by atoms with Crippen molar-refractivity contribution < 1.29 is 14.5 Å². The number of hydrogen-bond acceptors (Lipinski definition) is 7. The van der Waals surface area contributed by atoms with Crippen molar-refractivity contribution in [2.75, 3.05) is 37.7 Å². The van der Waals surface area contributed by atoms with E-state index in [9.17, 15) is 14.9 Å². The third-order valence-corrected chi connectivity index (χ3v) is 5.91. The largest absolute Gasteiger partial charge is 0.494 e. The van der Waals surface area contributed by atoms with E-state index in [2.05, 4.69) is 4.90 Å². The number of hydrogen-bond donors (Lipinski definition) is 0. The number of carbonyl (C=O) groups is 1. The van der Waals surface area contributed by atoms with E-state index in [1.165, 1.54) is 12.1 Å². The van der Waals surface area contributed by atoms with E-state index < -0.39 is 4.92 Å². The molecule has 2 aromatic carbocycles. The Hall–Kier alpha value is -3.20. The SMILES string of the molecule is CCOc1ccc2nc(N3CCN(C(=O)c4ccccc4[N+](=O)[O-])CC3)sc2c1. The van der Waals surface area contributed by atoms with E-state index in [-0.39, 0.29) is 17.2 Å². The van der Waals surface area contributed by atoms with Gasteiger partial charge in [-0.15, -0.1) is 0 Å². The van der Waals surface area contributed by atoms with E-state index in [1.54, 1.807) is 28.4 Å². The number of anilines is 1. The van der Waals surface area contributed by atoms with Crippen molar-refractivity contribution in [2.24, 2.45) is 0 Å². The summed E-state index contributed by atoms with van der Waals surface area (Å²) >= 11 is 1.60. The Morgan fingerprint density at radius 3 is 2.69 bits per heavy atom. The smallest absolute Gasteiger partial charge is 0.282 e. The Balaban J connectivity index is 1.46. The molecule has 8 nitrogen and oxygen atoms in total. The molecule has 1 amide bonds. The molecule has 0 atom stereocenters. The van der Waals surface area contributed by atoms with Crippen molar-refractivity contribution in [3.05, 3.63) is 58.1 Å². The van der Waals surface area contributed by atoms with Crippen LogP contribution in [-0.2, 0) is 0 Å². The van der Waals surface area contributed by atoms with Gasteiger partial charge >= 0.3 is 0 Å². The minimum atomic E-state index is -0.513. The highest BCUT2D eigenvalue weighted by atomic mass is 32.1. The fraction of sp³-hybridized carbons (Fsp3) is 0.300. The number of nitro groups is 1. The van der Waals surface area contributed by atoms with Crippen molar-refractivity contribution in [3.63, 3.8) is 0 Å². The molecule has 150 valence electrons. The first-order valence-corrected chi connectivity index (χ1v) is 10.2. The molecule has 1 saturated heterocycles. The van der Waals surface area contributed by atoms with Crippen LogP contribution in [0.15, 0.2) is 42.5 Å². The Labute approximate surface area is 171 Å². The quantitative estimate of drug-likeness (QED) is 0.470. The summed E-state index contributed by atoms with van der Waals surface area (Å²) in [6.07, 6.45) is 0. The molecule has 1 aliphatic heterocycles. The number of ether oxygens (including phenoxy) is 1. The van der Waals surface area contributed by atoms with Gasteiger partial charge in [-0.1, -0.05) is 23.5 Å². The van der Waals surface area contributed by atoms with Crippen LogP contribution in [0.4, 0.5) is 10.8 Å². The second-order valence-corrected chi connectivity index (χ2v) is 7.62. The maximum atomic E-state index is 12.8. The van der Waals surface area contributed by atoms with Crippen LogP contribution >= 0.6 is 11.3 Å². The summed E-state index contributed by atoms with van der Waals surface area (Å²) in [7, 11) is 0. The molecule has 29 heavy (non-hydrogen) atoms. The molecule has 0 bridgehead atoms. The molecule has 0 unspecified atom stereocenters. The van der Waals surface area contributed by atoms with Crippen LogP contribution in [0.25, 0.3) is 10.2 Å². The average molecular weight is 412 g/mol. The highest BCUT2D eigenvalue weighted by Gasteiger charge is 2.28. The molecule has 4 rings (SSSR count). The summed E-state index contributed by atoms with van der Waals surface area (Å²) in [6, 6.07) is 11.9. The molecule has 1 aliphatic rings. The van der Waals surface area contributed by atoms with Gasteiger partial charge < -0.3 is 14.5 Å². The number of amides is 1. The molecule has 3 aromatic rings. The van der Waals surface area contributed by atoms with Crippen LogP contribution in [0, 0.1) is 10.1 Å². The maximum Gasteiger partial charge on any atom is 0.282 e. The van der Waals surface area contributed by atoms with Crippen LogP contribution in [0.3, 0.4) is 0 Å². The summed E-state index contributed by atoms with van der Waals surface area (Å²) in [4.78, 5) is 32.0. The number of fused-ring (bicyclic) bond motifs is 1. The zero-order chi connectivity index (χ0) is 20.4. The Kier molecular flexibility index (Phi) is 5.30. The number of benzene rings is 2. The summed E-state index contributed by atoms with van der Waals surface area (Å²) < 4.78 is 6.61. The van der Waals surface area contributed by atoms with Gasteiger partial charge in [-0.25, -0.2) is 4.98 Å². The van der Waals surface area contributed by atoms with Crippen LogP contribution < -0.4 is 9.64 Å². The second kappa shape index (κ2) is 8.04. The number of nitrogens with zero attached hydrogens (tertiary/aromatic N) is 4. The first-order chi connectivity index (χ1) is 14.1. The lowest BCUT2D eigenvalue weighted by molar-refractivity contribution is -0.385. The summed E-state index contributed by atoms with van der Waals surface area (Å²) in [5, 5.41) is 12.1. The van der Waals surface area contributed by atoms with Gasteiger partial charge in [0.05, 0.1) is 21.7 Å². The topological polar surface area (TPSA) is 88.8 Å². The van der Waals surface area contributed by atoms with Gasteiger partial charge in [0, 0.05) is 32.2 Å². The van der Waals surface area contributed by atoms with Gasteiger partial charge in [0.1, 0.15) is 11.3 Å². The number of thiazole rings is 1. The van der Waals surface area contributed by atoms with Crippen LogP contribution in [0.2, 0.25) is 0 Å². The third kappa shape index (κ3) is 3.86. The molecule has 2 heterocycles. The van der Waals surface area contributed by atoms with Gasteiger partial charge in [0.2, 0.25) is 0 Å². The number of rotatable bonds is 5. The highest BCUT2D eigenvalue weighted by molar-refractivity contribution is 7.22. The Morgan fingerprint density at radius 1 is 1.21 bits per heavy atom. The minimum absolute atomic E-state index is 0.134. The predicted molar refractivity (Wildman–Crippen MR) is 112 cm³/mol. The monoisotopic (exact) mass is 412 g/mol.